The number of rotatable bonds is 4. The first-order valence-electron chi connectivity index (χ1n) is 6.49. The third kappa shape index (κ3) is 3.27. The second kappa shape index (κ2) is 6.25. The molecule has 100 valence electrons. The van der Waals surface area contributed by atoms with Gasteiger partial charge in [-0.25, -0.2) is 8.78 Å². The van der Waals surface area contributed by atoms with Crippen LogP contribution in [0.25, 0.3) is 0 Å². The average molecular weight is 255 g/mol. The van der Waals surface area contributed by atoms with E-state index in [9.17, 15) is 8.78 Å². The maximum atomic E-state index is 13.5. The van der Waals surface area contributed by atoms with Gasteiger partial charge in [-0.3, -0.25) is 0 Å². The molecular formula is C14H19F2NO. The Balaban J connectivity index is 1.90. The standard InChI is InChI=1S/C14H19F2NO/c15-12-6-3-5-11(14(12)16)13(17)8-7-10-4-1-2-9-18-10/h3,5-6,10,13H,1-2,4,7-9,17H2. The Labute approximate surface area is 106 Å². The molecule has 0 aliphatic carbocycles. The molecule has 1 aliphatic heterocycles. The minimum absolute atomic E-state index is 0.224. The number of halogens is 2. The van der Waals surface area contributed by atoms with Crippen molar-refractivity contribution in [3.8, 4) is 0 Å². The van der Waals surface area contributed by atoms with Crippen molar-refractivity contribution in [3.05, 3.63) is 35.4 Å². The van der Waals surface area contributed by atoms with Crippen molar-refractivity contribution in [2.45, 2.75) is 44.2 Å². The molecule has 2 unspecified atom stereocenters. The second-order valence-electron chi connectivity index (χ2n) is 4.82. The Bertz CT molecular complexity index is 391. The molecule has 1 aromatic carbocycles. The summed E-state index contributed by atoms with van der Waals surface area (Å²) in [4.78, 5) is 0. The van der Waals surface area contributed by atoms with Gasteiger partial charge < -0.3 is 10.5 Å². The molecular weight excluding hydrogens is 236 g/mol. The number of nitrogens with two attached hydrogens (primary N) is 1. The van der Waals surface area contributed by atoms with Crippen LogP contribution in [0.1, 0.15) is 43.7 Å². The molecule has 1 fully saturated rings. The molecule has 2 N–H and O–H groups in total. The van der Waals surface area contributed by atoms with Crippen LogP contribution in [0, 0.1) is 11.6 Å². The third-order valence-electron chi connectivity index (χ3n) is 3.45. The summed E-state index contributed by atoms with van der Waals surface area (Å²) in [5.41, 5.74) is 6.18. The summed E-state index contributed by atoms with van der Waals surface area (Å²) < 4.78 is 32.2. The quantitative estimate of drug-likeness (QED) is 0.895. The first-order chi connectivity index (χ1) is 8.68. The molecule has 18 heavy (non-hydrogen) atoms. The lowest BCUT2D eigenvalue weighted by Crippen LogP contribution is -2.21. The van der Waals surface area contributed by atoms with E-state index >= 15 is 0 Å². The van der Waals surface area contributed by atoms with Gasteiger partial charge in [0.05, 0.1) is 6.10 Å². The molecule has 2 atom stereocenters. The highest BCUT2D eigenvalue weighted by atomic mass is 19.2. The van der Waals surface area contributed by atoms with Crippen LogP contribution in [-0.4, -0.2) is 12.7 Å². The Morgan fingerprint density at radius 3 is 2.89 bits per heavy atom. The lowest BCUT2D eigenvalue weighted by molar-refractivity contribution is 0.00907. The molecule has 1 heterocycles. The van der Waals surface area contributed by atoms with Gasteiger partial charge in [-0.05, 0) is 38.2 Å². The molecule has 0 radical (unpaired) electrons. The van der Waals surface area contributed by atoms with Crippen LogP contribution < -0.4 is 5.73 Å². The Kier molecular flexibility index (Phi) is 4.66. The Hall–Kier alpha value is -1.00. The van der Waals surface area contributed by atoms with Gasteiger partial charge in [0.2, 0.25) is 0 Å². The van der Waals surface area contributed by atoms with Gasteiger partial charge in [0.25, 0.3) is 0 Å². The summed E-state index contributed by atoms with van der Waals surface area (Å²) in [6.45, 7) is 0.800. The first-order valence-corrected chi connectivity index (χ1v) is 6.49. The van der Waals surface area contributed by atoms with Crippen LogP contribution in [0.3, 0.4) is 0 Å². The minimum atomic E-state index is -0.836. The van der Waals surface area contributed by atoms with Gasteiger partial charge in [-0.15, -0.1) is 0 Å². The van der Waals surface area contributed by atoms with Crippen molar-refractivity contribution in [1.82, 2.24) is 0 Å². The summed E-state index contributed by atoms with van der Waals surface area (Å²) in [6, 6.07) is 3.68. The summed E-state index contributed by atoms with van der Waals surface area (Å²) >= 11 is 0. The predicted octanol–water partition coefficient (Wildman–Crippen LogP) is 3.31. The van der Waals surface area contributed by atoms with E-state index in [0.29, 0.717) is 6.42 Å². The average Bonchev–Trinajstić information content (AvgIpc) is 2.40. The van der Waals surface area contributed by atoms with E-state index in [1.54, 1.807) is 6.07 Å². The SMILES string of the molecule is NC(CCC1CCCCO1)c1cccc(F)c1F. The Morgan fingerprint density at radius 1 is 1.33 bits per heavy atom. The van der Waals surface area contributed by atoms with E-state index in [2.05, 4.69) is 0 Å². The summed E-state index contributed by atoms with van der Waals surface area (Å²) in [7, 11) is 0. The fraction of sp³-hybridized carbons (Fsp3) is 0.571. The van der Waals surface area contributed by atoms with Crippen LogP contribution in [-0.2, 0) is 4.74 Å². The van der Waals surface area contributed by atoms with Crippen molar-refractivity contribution in [2.75, 3.05) is 6.61 Å². The van der Waals surface area contributed by atoms with Crippen LogP contribution in [0.2, 0.25) is 0 Å². The molecule has 0 spiro atoms. The zero-order valence-corrected chi connectivity index (χ0v) is 10.4. The van der Waals surface area contributed by atoms with E-state index in [1.807, 2.05) is 0 Å². The topological polar surface area (TPSA) is 35.2 Å². The molecule has 0 aromatic heterocycles. The van der Waals surface area contributed by atoms with Crippen molar-refractivity contribution in [1.29, 1.82) is 0 Å². The number of hydrogen-bond acceptors (Lipinski definition) is 2. The maximum Gasteiger partial charge on any atom is 0.163 e. The normalized spacial score (nSPS) is 21.8. The van der Waals surface area contributed by atoms with Crippen molar-refractivity contribution in [2.24, 2.45) is 5.73 Å². The second-order valence-corrected chi connectivity index (χ2v) is 4.82. The van der Waals surface area contributed by atoms with Crippen molar-refractivity contribution in [3.63, 3.8) is 0 Å². The zero-order valence-electron chi connectivity index (χ0n) is 10.4. The highest BCUT2D eigenvalue weighted by Crippen LogP contribution is 2.24. The first kappa shape index (κ1) is 13.4. The number of benzene rings is 1. The van der Waals surface area contributed by atoms with Gasteiger partial charge in [-0.1, -0.05) is 12.1 Å². The van der Waals surface area contributed by atoms with Crippen LogP contribution in [0.15, 0.2) is 18.2 Å². The molecule has 1 aromatic rings. The minimum Gasteiger partial charge on any atom is -0.378 e. The molecule has 0 amide bonds. The number of hydrogen-bond donors (Lipinski definition) is 1. The lowest BCUT2D eigenvalue weighted by Gasteiger charge is -2.24. The van der Waals surface area contributed by atoms with Gasteiger partial charge in [0, 0.05) is 18.2 Å². The van der Waals surface area contributed by atoms with E-state index in [-0.39, 0.29) is 11.7 Å². The van der Waals surface area contributed by atoms with E-state index in [1.165, 1.54) is 12.5 Å². The fourth-order valence-corrected chi connectivity index (χ4v) is 2.36. The van der Waals surface area contributed by atoms with Gasteiger partial charge in [0.15, 0.2) is 11.6 Å². The summed E-state index contributed by atoms with van der Waals surface area (Å²) in [5, 5.41) is 0. The predicted molar refractivity (Wildman–Crippen MR) is 66.1 cm³/mol. The van der Waals surface area contributed by atoms with Crippen LogP contribution in [0.5, 0.6) is 0 Å². The van der Waals surface area contributed by atoms with Crippen molar-refractivity contribution < 1.29 is 13.5 Å². The highest BCUT2D eigenvalue weighted by Gasteiger charge is 2.18. The monoisotopic (exact) mass is 255 g/mol. The van der Waals surface area contributed by atoms with E-state index in [4.69, 9.17) is 10.5 Å². The van der Waals surface area contributed by atoms with E-state index in [0.717, 1.165) is 31.9 Å². The molecule has 1 aliphatic rings. The number of ether oxygens (including phenoxy) is 1. The smallest absolute Gasteiger partial charge is 0.163 e. The molecule has 4 heteroatoms. The zero-order chi connectivity index (χ0) is 13.0. The molecule has 0 saturated carbocycles. The third-order valence-corrected chi connectivity index (χ3v) is 3.45. The van der Waals surface area contributed by atoms with Gasteiger partial charge >= 0.3 is 0 Å². The van der Waals surface area contributed by atoms with Crippen LogP contribution >= 0.6 is 0 Å². The fourth-order valence-electron chi connectivity index (χ4n) is 2.36. The molecule has 0 bridgehead atoms. The maximum absolute atomic E-state index is 13.5. The lowest BCUT2D eigenvalue weighted by atomic mass is 9.97. The van der Waals surface area contributed by atoms with Crippen LogP contribution in [0.4, 0.5) is 8.78 Å². The summed E-state index contributed by atoms with van der Waals surface area (Å²) in [6.07, 6.45) is 4.97. The van der Waals surface area contributed by atoms with Gasteiger partial charge in [-0.2, -0.15) is 0 Å². The van der Waals surface area contributed by atoms with Gasteiger partial charge in [0.1, 0.15) is 0 Å². The summed E-state index contributed by atoms with van der Waals surface area (Å²) in [5.74, 6) is -1.66. The Morgan fingerprint density at radius 2 is 2.17 bits per heavy atom. The van der Waals surface area contributed by atoms with E-state index < -0.39 is 17.7 Å². The van der Waals surface area contributed by atoms with Crippen molar-refractivity contribution >= 4 is 0 Å². The molecule has 2 nitrogen and oxygen atoms in total. The molecule has 1 saturated heterocycles. The largest absolute Gasteiger partial charge is 0.378 e. The highest BCUT2D eigenvalue weighted by molar-refractivity contribution is 5.22. The molecule has 2 rings (SSSR count).